The van der Waals surface area contributed by atoms with Gasteiger partial charge in [-0.1, -0.05) is 11.6 Å². The van der Waals surface area contributed by atoms with Gasteiger partial charge in [-0.25, -0.2) is 4.98 Å². The molecule has 0 radical (unpaired) electrons. The number of aromatic amines is 1. The van der Waals surface area contributed by atoms with Crippen LogP contribution in [0.1, 0.15) is 17.0 Å². The lowest BCUT2D eigenvalue weighted by atomic mass is 10.1. The van der Waals surface area contributed by atoms with Gasteiger partial charge in [0.25, 0.3) is 5.56 Å². The lowest BCUT2D eigenvalue weighted by molar-refractivity contribution is 0.239. The van der Waals surface area contributed by atoms with Gasteiger partial charge in [-0.15, -0.1) is 0 Å². The smallest absolute Gasteiger partial charge is 0.255 e. The van der Waals surface area contributed by atoms with Gasteiger partial charge in [-0.05, 0) is 52.3 Å². The van der Waals surface area contributed by atoms with E-state index in [9.17, 15) is 4.79 Å². The fourth-order valence-corrected chi connectivity index (χ4v) is 3.45. The molecular weight excluding hydrogens is 416 g/mol. The van der Waals surface area contributed by atoms with Crippen molar-refractivity contribution >= 4 is 27.5 Å². The first-order chi connectivity index (χ1) is 12.6. The molecule has 0 amide bonds. The molecule has 0 saturated heterocycles. The molecule has 0 spiro atoms. The van der Waals surface area contributed by atoms with Crippen molar-refractivity contribution in [3.8, 4) is 11.4 Å². The third-order valence-electron chi connectivity index (χ3n) is 4.44. The minimum Gasteiger partial charge on any atom is -0.306 e. The van der Waals surface area contributed by atoms with E-state index in [0.717, 1.165) is 40.0 Å². The van der Waals surface area contributed by atoms with Crippen LogP contribution in [0.15, 0.2) is 51.9 Å². The van der Waals surface area contributed by atoms with Crippen LogP contribution in [0.25, 0.3) is 11.4 Å². The Balaban J connectivity index is 1.57. The molecule has 2 aromatic heterocycles. The van der Waals surface area contributed by atoms with E-state index in [0.29, 0.717) is 23.9 Å². The van der Waals surface area contributed by atoms with Crippen molar-refractivity contribution in [1.29, 1.82) is 0 Å². The molecule has 0 saturated carbocycles. The van der Waals surface area contributed by atoms with Gasteiger partial charge < -0.3 is 4.98 Å². The molecule has 1 aliphatic rings. The highest BCUT2D eigenvalue weighted by Gasteiger charge is 2.21. The summed E-state index contributed by atoms with van der Waals surface area (Å²) in [4.78, 5) is 26.8. The monoisotopic (exact) mass is 430 g/mol. The summed E-state index contributed by atoms with van der Waals surface area (Å²) in [7, 11) is 0. The average molecular weight is 432 g/mol. The van der Waals surface area contributed by atoms with Gasteiger partial charge in [-0.3, -0.25) is 14.7 Å². The van der Waals surface area contributed by atoms with Gasteiger partial charge in [0.15, 0.2) is 0 Å². The molecule has 0 unspecified atom stereocenters. The summed E-state index contributed by atoms with van der Waals surface area (Å²) in [6.45, 7) is 2.14. The summed E-state index contributed by atoms with van der Waals surface area (Å²) in [6.07, 6.45) is 2.54. The third-order valence-corrected chi connectivity index (χ3v) is 5.16. The minimum atomic E-state index is -0.0755. The van der Waals surface area contributed by atoms with Crippen molar-refractivity contribution in [1.82, 2.24) is 19.9 Å². The van der Waals surface area contributed by atoms with Crippen LogP contribution >= 0.6 is 27.5 Å². The highest BCUT2D eigenvalue weighted by atomic mass is 79.9. The van der Waals surface area contributed by atoms with Crippen LogP contribution in [0.5, 0.6) is 0 Å². The zero-order valence-corrected chi connectivity index (χ0v) is 16.2. The largest absolute Gasteiger partial charge is 0.306 e. The fourth-order valence-electron chi connectivity index (χ4n) is 3.09. The molecule has 1 N–H and O–H groups in total. The number of H-pyrrole nitrogens is 1. The van der Waals surface area contributed by atoms with E-state index in [1.165, 1.54) is 0 Å². The normalized spacial score (nSPS) is 14.2. The molecule has 3 aromatic rings. The molecule has 26 heavy (non-hydrogen) atoms. The summed E-state index contributed by atoms with van der Waals surface area (Å²) in [6, 6.07) is 11.3. The Morgan fingerprint density at radius 1 is 1.19 bits per heavy atom. The van der Waals surface area contributed by atoms with Gasteiger partial charge in [0.2, 0.25) is 0 Å². The number of aromatic nitrogens is 3. The van der Waals surface area contributed by atoms with Crippen molar-refractivity contribution in [3.05, 3.63) is 79.4 Å². The quantitative estimate of drug-likeness (QED) is 0.685. The summed E-state index contributed by atoms with van der Waals surface area (Å²) >= 11 is 9.33. The lowest BCUT2D eigenvalue weighted by Crippen LogP contribution is -2.35. The number of rotatable bonds is 3. The van der Waals surface area contributed by atoms with Gasteiger partial charge in [0.05, 0.1) is 17.0 Å². The zero-order valence-electron chi connectivity index (χ0n) is 13.9. The molecular formula is C19H16BrClN4O. The highest BCUT2D eigenvalue weighted by Crippen LogP contribution is 2.21. The summed E-state index contributed by atoms with van der Waals surface area (Å²) < 4.78 is 0.959. The first kappa shape index (κ1) is 17.4. The Hall–Kier alpha value is -2.02. The van der Waals surface area contributed by atoms with Gasteiger partial charge in [0.1, 0.15) is 5.82 Å². The molecule has 3 heterocycles. The first-order valence-corrected chi connectivity index (χ1v) is 9.46. The minimum absolute atomic E-state index is 0.0755. The van der Waals surface area contributed by atoms with Crippen molar-refractivity contribution in [2.45, 2.75) is 19.5 Å². The van der Waals surface area contributed by atoms with Gasteiger partial charge in [0, 0.05) is 47.3 Å². The number of hydrogen-bond acceptors (Lipinski definition) is 4. The number of pyridine rings is 1. The number of hydrogen-bond donors (Lipinski definition) is 1. The van der Waals surface area contributed by atoms with Crippen LogP contribution in [0.3, 0.4) is 0 Å². The predicted molar refractivity (Wildman–Crippen MR) is 105 cm³/mol. The summed E-state index contributed by atoms with van der Waals surface area (Å²) in [5, 5.41) is 0.659. The van der Waals surface area contributed by atoms with Crippen molar-refractivity contribution < 1.29 is 0 Å². The van der Waals surface area contributed by atoms with Crippen LogP contribution < -0.4 is 5.56 Å². The summed E-state index contributed by atoms with van der Waals surface area (Å²) in [5.74, 6) is 0.591. The number of halogens is 2. The number of fused-ring (bicyclic) bond motifs is 1. The molecule has 0 aliphatic carbocycles. The Morgan fingerprint density at radius 2 is 2.00 bits per heavy atom. The molecule has 1 aromatic carbocycles. The maximum Gasteiger partial charge on any atom is 0.255 e. The van der Waals surface area contributed by atoms with Gasteiger partial charge in [-0.2, -0.15) is 0 Å². The number of nitrogens with one attached hydrogen (secondary N) is 1. The standard InChI is InChI=1S/C19H16BrClN4O/c20-13-3-6-15(22-9-13)10-25-8-7-17-16(11-25)19(26)24-18(23-17)12-1-4-14(21)5-2-12/h1-6,9H,7-8,10-11H2,(H,23,24,26). The second-order valence-corrected chi connectivity index (χ2v) is 7.63. The molecule has 5 nitrogen and oxygen atoms in total. The van der Waals surface area contributed by atoms with E-state index < -0.39 is 0 Å². The van der Waals surface area contributed by atoms with E-state index in [-0.39, 0.29) is 5.56 Å². The maximum absolute atomic E-state index is 12.6. The van der Waals surface area contributed by atoms with E-state index in [2.05, 4.69) is 35.8 Å². The second-order valence-electron chi connectivity index (χ2n) is 6.28. The fraction of sp³-hybridized carbons (Fsp3) is 0.211. The van der Waals surface area contributed by atoms with Crippen molar-refractivity contribution in [3.63, 3.8) is 0 Å². The van der Waals surface area contributed by atoms with E-state index >= 15 is 0 Å². The highest BCUT2D eigenvalue weighted by molar-refractivity contribution is 9.10. The maximum atomic E-state index is 12.6. The van der Waals surface area contributed by atoms with Crippen LogP contribution in [-0.4, -0.2) is 26.4 Å². The molecule has 0 atom stereocenters. The van der Waals surface area contributed by atoms with E-state index in [1.807, 2.05) is 24.3 Å². The van der Waals surface area contributed by atoms with Crippen molar-refractivity contribution in [2.24, 2.45) is 0 Å². The summed E-state index contributed by atoms with van der Waals surface area (Å²) in [5.41, 5.74) is 3.38. The van der Waals surface area contributed by atoms with Crippen molar-refractivity contribution in [2.75, 3.05) is 6.54 Å². The van der Waals surface area contributed by atoms with E-state index in [1.54, 1.807) is 18.3 Å². The van der Waals surface area contributed by atoms with Crippen LogP contribution in [0.4, 0.5) is 0 Å². The predicted octanol–water partition coefficient (Wildman–Crippen LogP) is 3.81. The second kappa shape index (κ2) is 7.31. The topological polar surface area (TPSA) is 61.9 Å². The van der Waals surface area contributed by atoms with Gasteiger partial charge >= 0.3 is 0 Å². The lowest BCUT2D eigenvalue weighted by Gasteiger charge is -2.27. The Morgan fingerprint density at radius 3 is 2.73 bits per heavy atom. The molecule has 1 aliphatic heterocycles. The molecule has 0 bridgehead atoms. The molecule has 132 valence electrons. The molecule has 4 rings (SSSR count). The van der Waals surface area contributed by atoms with Crippen LogP contribution in [-0.2, 0) is 19.5 Å². The van der Waals surface area contributed by atoms with E-state index in [4.69, 9.17) is 11.6 Å². The number of nitrogens with zero attached hydrogens (tertiary/aromatic N) is 3. The Kier molecular flexibility index (Phi) is 4.89. The SMILES string of the molecule is O=c1[nH]c(-c2ccc(Cl)cc2)nc2c1CN(Cc1ccc(Br)cn1)CC2. The van der Waals surface area contributed by atoms with Crippen LogP contribution in [0, 0.1) is 0 Å². The molecule has 7 heteroatoms. The zero-order chi connectivity index (χ0) is 18.1. The average Bonchev–Trinajstić information content (AvgIpc) is 2.64. The number of benzene rings is 1. The molecule has 0 fully saturated rings. The van der Waals surface area contributed by atoms with Crippen LogP contribution in [0.2, 0.25) is 5.02 Å². The first-order valence-electron chi connectivity index (χ1n) is 8.29. The third kappa shape index (κ3) is 3.72. The Labute approximate surface area is 164 Å². The Bertz CT molecular complexity index is 986.